The molecule has 0 saturated carbocycles. The molecule has 5 heteroatoms. The number of benzene rings is 1. The van der Waals surface area contributed by atoms with Crippen LogP contribution in [-0.4, -0.2) is 30.3 Å². The van der Waals surface area contributed by atoms with Crippen molar-refractivity contribution < 1.29 is 14.6 Å². The van der Waals surface area contributed by atoms with Crippen LogP contribution in [0.1, 0.15) is 30.1 Å². The van der Waals surface area contributed by atoms with Crippen LogP contribution in [0.4, 0.5) is 5.69 Å². The Balaban J connectivity index is 2.15. The largest absolute Gasteiger partial charge is 0.487 e. The smallest absolute Gasteiger partial charge is 0.339 e. The molecule has 0 bridgehead atoms. The number of carbonyl (C=O) groups is 1. The third kappa shape index (κ3) is 3.17. The van der Waals surface area contributed by atoms with Crippen LogP contribution in [-0.2, 0) is 0 Å². The van der Waals surface area contributed by atoms with Gasteiger partial charge in [-0.1, -0.05) is 6.07 Å². The maximum absolute atomic E-state index is 11.2. The third-order valence-corrected chi connectivity index (χ3v) is 3.58. The second-order valence-electron chi connectivity index (χ2n) is 4.96. The molecule has 0 spiro atoms. The highest BCUT2D eigenvalue weighted by atomic mass is 16.5. The van der Waals surface area contributed by atoms with Gasteiger partial charge in [0.25, 0.3) is 0 Å². The number of carboxylic acids is 1. The number of nitrogen functional groups attached to an aromatic ring is 1. The third-order valence-electron chi connectivity index (χ3n) is 3.58. The van der Waals surface area contributed by atoms with E-state index in [4.69, 9.17) is 15.6 Å². The first-order chi connectivity index (χ1) is 9.09. The van der Waals surface area contributed by atoms with Gasteiger partial charge in [0.1, 0.15) is 11.7 Å². The fraction of sp³-hybridized carbons (Fsp3) is 0.500. The Morgan fingerprint density at radius 1 is 1.58 bits per heavy atom. The van der Waals surface area contributed by atoms with E-state index in [1.165, 1.54) is 6.07 Å². The monoisotopic (exact) mass is 264 g/mol. The summed E-state index contributed by atoms with van der Waals surface area (Å²) in [5, 5.41) is 12.5. The molecule has 1 heterocycles. The summed E-state index contributed by atoms with van der Waals surface area (Å²) >= 11 is 0. The number of para-hydroxylation sites is 1. The molecule has 1 fully saturated rings. The standard InChI is InChI=1S/C14H20N2O3/c1-9(10-4-3-7-16-8-10)19-13-11(14(17)18)5-2-6-12(13)15/h2,5-6,9-10,16H,3-4,7-8,15H2,1H3,(H,17,18). The lowest BCUT2D eigenvalue weighted by Crippen LogP contribution is -2.38. The molecule has 1 aromatic carbocycles. The lowest BCUT2D eigenvalue weighted by molar-refractivity contribution is 0.0684. The molecule has 1 aliphatic rings. The average Bonchev–Trinajstić information content (AvgIpc) is 2.41. The number of ether oxygens (including phenoxy) is 1. The maximum Gasteiger partial charge on any atom is 0.339 e. The minimum Gasteiger partial charge on any atom is -0.487 e. The number of nitrogens with two attached hydrogens (primary N) is 1. The highest BCUT2D eigenvalue weighted by molar-refractivity contribution is 5.93. The SMILES string of the molecule is CC(Oc1c(N)cccc1C(=O)O)C1CCCNC1. The van der Waals surface area contributed by atoms with Crippen molar-refractivity contribution in [2.45, 2.75) is 25.9 Å². The molecule has 2 rings (SSSR count). The van der Waals surface area contributed by atoms with Gasteiger partial charge in [-0.2, -0.15) is 0 Å². The number of hydrogen-bond acceptors (Lipinski definition) is 4. The fourth-order valence-electron chi connectivity index (χ4n) is 2.42. The van der Waals surface area contributed by atoms with E-state index in [2.05, 4.69) is 5.32 Å². The highest BCUT2D eigenvalue weighted by Gasteiger charge is 2.24. The zero-order chi connectivity index (χ0) is 13.8. The van der Waals surface area contributed by atoms with Gasteiger partial charge in [-0.15, -0.1) is 0 Å². The molecule has 104 valence electrons. The van der Waals surface area contributed by atoms with Crippen molar-refractivity contribution >= 4 is 11.7 Å². The van der Waals surface area contributed by atoms with E-state index in [1.807, 2.05) is 6.92 Å². The molecular formula is C14H20N2O3. The van der Waals surface area contributed by atoms with Gasteiger partial charge in [0.2, 0.25) is 0 Å². The Morgan fingerprint density at radius 3 is 3.00 bits per heavy atom. The fourth-order valence-corrected chi connectivity index (χ4v) is 2.42. The summed E-state index contributed by atoms with van der Waals surface area (Å²) in [6, 6.07) is 4.80. The molecule has 4 N–H and O–H groups in total. The number of hydrogen-bond donors (Lipinski definition) is 3. The predicted octanol–water partition coefficient (Wildman–Crippen LogP) is 1.73. The number of nitrogens with one attached hydrogen (secondary N) is 1. The summed E-state index contributed by atoms with van der Waals surface area (Å²) in [5.41, 5.74) is 6.32. The van der Waals surface area contributed by atoms with Crippen LogP contribution in [0.2, 0.25) is 0 Å². The first-order valence-electron chi connectivity index (χ1n) is 6.58. The van der Waals surface area contributed by atoms with Gasteiger partial charge in [0.15, 0.2) is 5.75 Å². The molecule has 0 aliphatic carbocycles. The van der Waals surface area contributed by atoms with E-state index in [1.54, 1.807) is 12.1 Å². The van der Waals surface area contributed by atoms with Crippen LogP contribution in [0.3, 0.4) is 0 Å². The molecule has 0 radical (unpaired) electrons. The van der Waals surface area contributed by atoms with Crippen LogP contribution in [0.15, 0.2) is 18.2 Å². The van der Waals surface area contributed by atoms with Crippen LogP contribution in [0, 0.1) is 5.92 Å². The first-order valence-corrected chi connectivity index (χ1v) is 6.58. The van der Waals surface area contributed by atoms with Gasteiger partial charge in [0.05, 0.1) is 5.69 Å². The van der Waals surface area contributed by atoms with E-state index < -0.39 is 5.97 Å². The van der Waals surface area contributed by atoms with E-state index in [0.717, 1.165) is 25.9 Å². The highest BCUT2D eigenvalue weighted by Crippen LogP contribution is 2.29. The van der Waals surface area contributed by atoms with Gasteiger partial charge in [-0.3, -0.25) is 0 Å². The first kappa shape index (κ1) is 13.7. The minimum absolute atomic E-state index is 0.0596. The lowest BCUT2D eigenvalue weighted by Gasteiger charge is -2.29. The molecular weight excluding hydrogens is 244 g/mol. The molecule has 2 unspecified atom stereocenters. The van der Waals surface area contributed by atoms with Gasteiger partial charge in [-0.25, -0.2) is 4.79 Å². The van der Waals surface area contributed by atoms with Gasteiger partial charge in [-0.05, 0) is 38.4 Å². The minimum atomic E-state index is -1.02. The van der Waals surface area contributed by atoms with Crippen molar-refractivity contribution in [3.63, 3.8) is 0 Å². The molecule has 0 aromatic heterocycles. The zero-order valence-corrected chi connectivity index (χ0v) is 11.1. The van der Waals surface area contributed by atoms with Crippen molar-refractivity contribution in [1.29, 1.82) is 0 Å². The Bertz CT molecular complexity index is 456. The molecule has 5 nitrogen and oxygen atoms in total. The summed E-state index contributed by atoms with van der Waals surface area (Å²) in [6.45, 7) is 3.91. The summed E-state index contributed by atoms with van der Waals surface area (Å²) in [7, 11) is 0. The van der Waals surface area contributed by atoms with Gasteiger partial charge in [0, 0.05) is 12.5 Å². The second-order valence-corrected chi connectivity index (χ2v) is 4.96. The summed E-state index contributed by atoms with van der Waals surface area (Å²) < 4.78 is 5.83. The topological polar surface area (TPSA) is 84.6 Å². The molecule has 19 heavy (non-hydrogen) atoms. The quantitative estimate of drug-likeness (QED) is 0.721. The summed E-state index contributed by atoms with van der Waals surface area (Å²) in [5.74, 6) is -0.348. The van der Waals surface area contributed by atoms with Gasteiger partial charge < -0.3 is 20.9 Å². The average molecular weight is 264 g/mol. The van der Waals surface area contributed by atoms with Gasteiger partial charge >= 0.3 is 5.97 Å². The lowest BCUT2D eigenvalue weighted by atomic mass is 9.94. The Kier molecular flexibility index (Phi) is 4.27. The molecule has 1 saturated heterocycles. The van der Waals surface area contributed by atoms with Crippen molar-refractivity contribution in [1.82, 2.24) is 5.32 Å². The van der Waals surface area contributed by atoms with E-state index >= 15 is 0 Å². The molecule has 1 aliphatic heterocycles. The Labute approximate surface area is 112 Å². The van der Waals surface area contributed by atoms with E-state index in [0.29, 0.717) is 11.6 Å². The number of carboxylic acid groups (broad SMARTS) is 1. The van der Waals surface area contributed by atoms with E-state index in [9.17, 15) is 4.79 Å². The van der Waals surface area contributed by atoms with Crippen LogP contribution in [0.25, 0.3) is 0 Å². The number of anilines is 1. The molecule has 2 atom stereocenters. The van der Waals surface area contributed by atoms with E-state index in [-0.39, 0.29) is 17.4 Å². The zero-order valence-electron chi connectivity index (χ0n) is 11.1. The summed E-state index contributed by atoms with van der Waals surface area (Å²) in [4.78, 5) is 11.2. The Morgan fingerprint density at radius 2 is 2.37 bits per heavy atom. The number of piperidine rings is 1. The Hall–Kier alpha value is -1.75. The van der Waals surface area contributed by atoms with Crippen LogP contribution in [0.5, 0.6) is 5.75 Å². The maximum atomic E-state index is 11.2. The number of rotatable bonds is 4. The summed E-state index contributed by atoms with van der Waals surface area (Å²) in [6.07, 6.45) is 2.15. The second kappa shape index (κ2) is 5.93. The number of aromatic carboxylic acids is 1. The normalized spacial score (nSPS) is 20.8. The van der Waals surface area contributed by atoms with Crippen molar-refractivity contribution in [2.75, 3.05) is 18.8 Å². The van der Waals surface area contributed by atoms with Crippen molar-refractivity contribution in [3.05, 3.63) is 23.8 Å². The van der Waals surface area contributed by atoms with Crippen LogP contribution < -0.4 is 15.8 Å². The van der Waals surface area contributed by atoms with Crippen molar-refractivity contribution in [3.8, 4) is 5.75 Å². The molecule has 0 amide bonds. The predicted molar refractivity (Wildman–Crippen MR) is 73.5 cm³/mol. The van der Waals surface area contributed by atoms with Crippen molar-refractivity contribution in [2.24, 2.45) is 5.92 Å². The molecule has 1 aromatic rings. The van der Waals surface area contributed by atoms with Crippen LogP contribution >= 0.6 is 0 Å².